The minimum Gasteiger partial charge on any atom is -0.455 e. The molecule has 0 saturated carbocycles. The number of aromatic nitrogens is 2. The van der Waals surface area contributed by atoms with E-state index >= 15 is 0 Å². The molecular weight excluding hydrogens is 484 g/mol. The van der Waals surface area contributed by atoms with Gasteiger partial charge in [-0.15, -0.1) is 11.3 Å². The first-order valence-electron chi connectivity index (χ1n) is 11.7. The predicted octanol–water partition coefficient (Wildman–Crippen LogP) is 6.41. The largest absolute Gasteiger partial charge is 0.455 e. The number of rotatable bonds is 3. The van der Waals surface area contributed by atoms with Crippen molar-refractivity contribution in [2.24, 2.45) is 0 Å². The number of thiazole rings is 1. The first kappa shape index (κ1) is 21.3. The number of hydrogen-bond donors (Lipinski definition) is 0. The van der Waals surface area contributed by atoms with Crippen LogP contribution in [0.1, 0.15) is 27.5 Å². The van der Waals surface area contributed by atoms with Crippen LogP contribution in [-0.2, 0) is 0 Å². The Hall–Kier alpha value is -4.00. The van der Waals surface area contributed by atoms with Gasteiger partial charge in [0.1, 0.15) is 11.5 Å². The minimum absolute atomic E-state index is 0.0517. The maximum absolute atomic E-state index is 13.7. The van der Waals surface area contributed by atoms with E-state index in [2.05, 4.69) is 48.7 Å². The first-order chi connectivity index (χ1) is 17.7. The van der Waals surface area contributed by atoms with Crippen molar-refractivity contribution in [3.8, 4) is 5.75 Å². The second kappa shape index (κ2) is 8.29. The second-order valence-electron chi connectivity index (χ2n) is 8.83. The molecule has 6 heteroatoms. The number of hydrogen-bond acceptors (Lipinski definition) is 5. The van der Waals surface area contributed by atoms with Crippen molar-refractivity contribution >= 4 is 50.5 Å². The number of thiophene rings is 1. The zero-order valence-electron chi connectivity index (χ0n) is 19.3. The zero-order valence-corrected chi connectivity index (χ0v) is 21.0. The lowest BCUT2D eigenvalue weighted by Crippen LogP contribution is -2.25. The smallest absolute Gasteiger partial charge is 0.274 e. The Bertz CT molecular complexity index is 1910. The van der Waals surface area contributed by atoms with E-state index in [1.807, 2.05) is 54.6 Å². The summed E-state index contributed by atoms with van der Waals surface area (Å²) in [5.74, 6) is 1.58. The fourth-order valence-electron chi connectivity index (χ4n) is 5.03. The van der Waals surface area contributed by atoms with Crippen LogP contribution < -0.4 is 14.8 Å². The molecule has 4 heterocycles. The molecule has 4 nitrogen and oxygen atoms in total. The minimum atomic E-state index is -0.0705. The Morgan fingerprint density at radius 2 is 1.69 bits per heavy atom. The van der Waals surface area contributed by atoms with Gasteiger partial charge in [-0.3, -0.25) is 4.79 Å². The van der Waals surface area contributed by atoms with Crippen LogP contribution in [0.5, 0.6) is 5.75 Å². The van der Waals surface area contributed by atoms with Crippen LogP contribution in [0.15, 0.2) is 101 Å². The van der Waals surface area contributed by atoms with Crippen LogP contribution in [0.2, 0.25) is 0 Å². The number of para-hydroxylation sites is 3. The van der Waals surface area contributed by atoms with E-state index in [-0.39, 0.29) is 11.5 Å². The van der Waals surface area contributed by atoms with Gasteiger partial charge < -0.3 is 4.74 Å². The van der Waals surface area contributed by atoms with Crippen molar-refractivity contribution in [2.45, 2.75) is 12.8 Å². The van der Waals surface area contributed by atoms with Crippen molar-refractivity contribution < 1.29 is 4.74 Å². The molecule has 3 aromatic heterocycles. The predicted molar refractivity (Wildman–Crippen MR) is 148 cm³/mol. The van der Waals surface area contributed by atoms with Crippen molar-refractivity contribution in [2.75, 3.05) is 0 Å². The molecule has 174 valence electrons. The van der Waals surface area contributed by atoms with Gasteiger partial charge >= 0.3 is 0 Å². The third-order valence-electron chi connectivity index (χ3n) is 6.69. The van der Waals surface area contributed by atoms with E-state index < -0.39 is 0 Å². The number of aryl methyl sites for hydroxylation is 1. The molecular formula is C30H20N2O2S2. The number of fused-ring (bicyclic) bond motifs is 4. The summed E-state index contributed by atoms with van der Waals surface area (Å²) < 4.78 is 8.92. The van der Waals surface area contributed by atoms with Gasteiger partial charge in [-0.2, -0.15) is 0 Å². The van der Waals surface area contributed by atoms with Crippen LogP contribution in [0.4, 0.5) is 0 Å². The topological polar surface area (TPSA) is 43.6 Å². The Balaban J connectivity index is 1.56. The van der Waals surface area contributed by atoms with Crippen LogP contribution in [0.3, 0.4) is 0 Å². The van der Waals surface area contributed by atoms with Crippen LogP contribution >= 0.6 is 22.7 Å². The van der Waals surface area contributed by atoms with Crippen molar-refractivity contribution in [1.82, 2.24) is 9.38 Å². The van der Waals surface area contributed by atoms with E-state index in [1.54, 1.807) is 15.7 Å². The van der Waals surface area contributed by atoms with Crippen LogP contribution in [0, 0.1) is 6.92 Å². The van der Waals surface area contributed by atoms with Gasteiger partial charge in [0.05, 0.1) is 20.4 Å². The number of imidazole rings is 1. The average molecular weight is 505 g/mol. The van der Waals surface area contributed by atoms with Crippen molar-refractivity contribution in [3.63, 3.8) is 0 Å². The molecule has 6 aromatic rings. The van der Waals surface area contributed by atoms with Gasteiger partial charge in [-0.25, -0.2) is 9.38 Å². The molecule has 0 bridgehead atoms. The Labute approximate surface area is 215 Å². The molecule has 0 spiro atoms. The van der Waals surface area contributed by atoms with Crippen molar-refractivity contribution in [1.29, 1.82) is 0 Å². The molecule has 0 fully saturated rings. The number of nitrogens with zero attached hydrogens (tertiary/aromatic N) is 2. The van der Waals surface area contributed by atoms with Gasteiger partial charge in [-0.1, -0.05) is 72.0 Å². The van der Waals surface area contributed by atoms with E-state index in [9.17, 15) is 4.79 Å². The summed E-state index contributed by atoms with van der Waals surface area (Å²) in [5, 5.41) is 2.05. The molecule has 3 aromatic carbocycles. The monoisotopic (exact) mass is 504 g/mol. The maximum atomic E-state index is 13.7. The summed E-state index contributed by atoms with van der Waals surface area (Å²) in [6.45, 7) is 2.14. The summed E-state index contributed by atoms with van der Waals surface area (Å²) in [6, 6.07) is 28.5. The highest BCUT2D eigenvalue weighted by atomic mass is 32.1. The van der Waals surface area contributed by atoms with E-state index in [1.165, 1.54) is 22.5 Å². The SMILES string of the molecule is Cc1ccccc1[C@H]1C(C=c2sc3nc4ccccc4n3c2=O)=C(c2cccs2)Oc2ccccc21. The summed E-state index contributed by atoms with van der Waals surface area (Å²) in [7, 11) is 0. The quantitative estimate of drug-likeness (QED) is 0.280. The third-order valence-corrected chi connectivity index (χ3v) is 8.53. The second-order valence-corrected chi connectivity index (χ2v) is 10.8. The standard InChI is InChI=1S/C30H20N2O2S2/c1-18-9-2-3-10-19(18)27-20-11-4-7-14-24(20)34-28(25-15-8-16-35-25)21(27)17-26-29(33)32-23-13-6-5-12-22(23)31-30(32)36-26/h2-17,27H,1H3/t27-/m1/s1. The van der Waals surface area contributed by atoms with E-state index in [0.29, 0.717) is 9.49 Å². The number of allylic oxidation sites excluding steroid dienone is 1. The Kier molecular flexibility index (Phi) is 4.91. The molecule has 0 amide bonds. The van der Waals surface area contributed by atoms with Gasteiger partial charge in [0.25, 0.3) is 5.56 Å². The lowest BCUT2D eigenvalue weighted by molar-refractivity contribution is 0.490. The molecule has 0 aliphatic carbocycles. The highest BCUT2D eigenvalue weighted by Gasteiger charge is 2.32. The molecule has 0 N–H and O–H groups in total. The van der Waals surface area contributed by atoms with Gasteiger partial charge in [0.2, 0.25) is 0 Å². The highest BCUT2D eigenvalue weighted by Crippen LogP contribution is 2.47. The summed E-state index contributed by atoms with van der Waals surface area (Å²) in [4.78, 5) is 20.1. The molecule has 7 rings (SSSR count). The van der Waals surface area contributed by atoms with Gasteiger partial charge in [0, 0.05) is 17.1 Å². The molecule has 0 unspecified atom stereocenters. The van der Waals surface area contributed by atoms with E-state index in [0.717, 1.165) is 38.6 Å². The molecule has 0 radical (unpaired) electrons. The van der Waals surface area contributed by atoms with Crippen molar-refractivity contribution in [3.05, 3.63) is 132 Å². The molecule has 1 aliphatic heterocycles. The fraction of sp³-hybridized carbons (Fsp3) is 0.0667. The summed E-state index contributed by atoms with van der Waals surface area (Å²) >= 11 is 3.06. The van der Waals surface area contributed by atoms with E-state index in [4.69, 9.17) is 9.72 Å². The fourth-order valence-corrected chi connectivity index (χ4v) is 6.73. The van der Waals surface area contributed by atoms with Crippen LogP contribution in [-0.4, -0.2) is 9.38 Å². The lowest BCUT2D eigenvalue weighted by atomic mass is 9.80. The highest BCUT2D eigenvalue weighted by molar-refractivity contribution is 7.15. The lowest BCUT2D eigenvalue weighted by Gasteiger charge is -2.30. The molecule has 1 aliphatic rings. The molecule has 0 saturated heterocycles. The van der Waals surface area contributed by atoms with Crippen LogP contribution in [0.25, 0.3) is 27.8 Å². The number of ether oxygens (including phenoxy) is 1. The van der Waals surface area contributed by atoms with Gasteiger partial charge in [-0.05, 0) is 53.8 Å². The average Bonchev–Trinajstić information content (AvgIpc) is 3.62. The Morgan fingerprint density at radius 3 is 2.53 bits per heavy atom. The summed E-state index contributed by atoms with van der Waals surface area (Å²) in [6.07, 6.45) is 2.03. The summed E-state index contributed by atoms with van der Waals surface area (Å²) in [5.41, 5.74) is 6.09. The number of benzene rings is 3. The maximum Gasteiger partial charge on any atom is 0.274 e. The third kappa shape index (κ3) is 3.26. The van der Waals surface area contributed by atoms with Gasteiger partial charge in [0.15, 0.2) is 4.96 Å². The Morgan fingerprint density at radius 1 is 0.917 bits per heavy atom. The normalized spacial score (nSPS) is 16.0. The molecule has 36 heavy (non-hydrogen) atoms. The molecule has 1 atom stereocenters. The first-order valence-corrected chi connectivity index (χ1v) is 13.4. The zero-order chi connectivity index (χ0) is 24.2.